The summed E-state index contributed by atoms with van der Waals surface area (Å²) in [5, 5.41) is 48.9. The monoisotopic (exact) mass is 366 g/mol. The van der Waals surface area contributed by atoms with Crippen LogP contribution in [0.1, 0.15) is 77.4 Å². The molecule has 2 heterocycles. The fourth-order valence-electron chi connectivity index (χ4n) is 3.15. The van der Waals surface area contributed by atoms with Crippen LogP contribution in [-0.2, 0) is 5.41 Å². The van der Waals surface area contributed by atoms with Gasteiger partial charge >= 0.3 is 0 Å². The van der Waals surface area contributed by atoms with E-state index in [9.17, 15) is 10.2 Å². The van der Waals surface area contributed by atoms with Gasteiger partial charge in [0.15, 0.2) is 11.6 Å². The predicted octanol–water partition coefficient (Wildman–Crippen LogP) is 1.13. The van der Waals surface area contributed by atoms with Crippen LogP contribution < -0.4 is 0 Å². The van der Waals surface area contributed by atoms with Crippen LogP contribution in [0.25, 0.3) is 0 Å². The lowest BCUT2D eigenvalue weighted by molar-refractivity contribution is 0.0967. The van der Waals surface area contributed by atoms with Crippen LogP contribution in [0.3, 0.4) is 0 Å². The van der Waals surface area contributed by atoms with Gasteiger partial charge < -0.3 is 10.2 Å². The number of aliphatic hydroxyl groups is 2. The summed E-state index contributed by atoms with van der Waals surface area (Å²) >= 11 is 0. The van der Waals surface area contributed by atoms with Crippen molar-refractivity contribution in [1.29, 1.82) is 0 Å². The Balaban J connectivity index is 1.91. The molecule has 0 saturated heterocycles. The fraction of sp³-hybridized carbons (Fsp3) is 0.875. The van der Waals surface area contributed by atoms with Crippen molar-refractivity contribution in [3.05, 3.63) is 11.6 Å². The molecular formula is C16H30N8O2. The van der Waals surface area contributed by atoms with Gasteiger partial charge in [-0.3, -0.25) is 0 Å². The van der Waals surface area contributed by atoms with E-state index >= 15 is 0 Å². The van der Waals surface area contributed by atoms with Crippen LogP contribution in [0.2, 0.25) is 0 Å². The predicted molar refractivity (Wildman–Crippen MR) is 94.0 cm³/mol. The fourth-order valence-corrected chi connectivity index (χ4v) is 3.15. The SMILES string of the molecule is CCCCC(O)CCC(O)CCC(C)C(C)(c1nn[nH]n1)c1nn[nH]n1. The van der Waals surface area contributed by atoms with Crippen molar-refractivity contribution in [2.24, 2.45) is 5.92 Å². The van der Waals surface area contributed by atoms with E-state index in [0.29, 0.717) is 30.9 Å². The Morgan fingerprint density at radius 1 is 0.885 bits per heavy atom. The van der Waals surface area contributed by atoms with Crippen molar-refractivity contribution in [2.75, 3.05) is 0 Å². The van der Waals surface area contributed by atoms with Crippen LogP contribution in [0.15, 0.2) is 0 Å². The molecule has 0 bridgehead atoms. The molecule has 2 rings (SSSR count). The number of nitrogens with one attached hydrogen (secondary N) is 2. The highest BCUT2D eigenvalue weighted by atomic mass is 16.3. The second kappa shape index (κ2) is 9.67. The topological polar surface area (TPSA) is 149 Å². The minimum atomic E-state index is -0.666. The zero-order valence-electron chi connectivity index (χ0n) is 15.8. The molecule has 146 valence electrons. The molecule has 10 heteroatoms. The molecule has 2 aromatic heterocycles. The molecular weight excluding hydrogens is 336 g/mol. The number of nitrogens with zero attached hydrogens (tertiary/aromatic N) is 6. The van der Waals surface area contributed by atoms with Gasteiger partial charge in [0.2, 0.25) is 0 Å². The number of aliphatic hydroxyl groups excluding tert-OH is 2. The maximum Gasteiger partial charge on any atom is 0.188 e. The summed E-state index contributed by atoms with van der Waals surface area (Å²) in [6, 6.07) is 0. The number of aromatic nitrogens is 8. The van der Waals surface area contributed by atoms with Gasteiger partial charge in [-0.2, -0.15) is 10.4 Å². The lowest BCUT2D eigenvalue weighted by Gasteiger charge is -2.30. The Morgan fingerprint density at radius 2 is 1.38 bits per heavy atom. The maximum atomic E-state index is 10.3. The van der Waals surface area contributed by atoms with Crippen molar-refractivity contribution < 1.29 is 10.2 Å². The molecule has 0 fully saturated rings. The number of tetrazole rings is 2. The molecule has 3 atom stereocenters. The van der Waals surface area contributed by atoms with Crippen LogP contribution >= 0.6 is 0 Å². The third-order valence-corrected chi connectivity index (χ3v) is 5.26. The molecule has 3 unspecified atom stereocenters. The number of H-pyrrole nitrogens is 2. The largest absolute Gasteiger partial charge is 0.393 e. The van der Waals surface area contributed by atoms with Gasteiger partial charge in [0.25, 0.3) is 0 Å². The first-order chi connectivity index (χ1) is 12.5. The van der Waals surface area contributed by atoms with Crippen LogP contribution in [0.4, 0.5) is 0 Å². The lowest BCUT2D eigenvalue weighted by atomic mass is 9.74. The van der Waals surface area contributed by atoms with Crippen molar-refractivity contribution in [3.63, 3.8) is 0 Å². The minimum absolute atomic E-state index is 0.0531. The summed E-state index contributed by atoms with van der Waals surface area (Å²) in [4.78, 5) is 0. The molecule has 0 saturated carbocycles. The van der Waals surface area contributed by atoms with Crippen molar-refractivity contribution >= 4 is 0 Å². The molecule has 0 spiro atoms. The Kier molecular flexibility index (Phi) is 7.58. The average Bonchev–Trinajstić information content (AvgIpc) is 3.35. The summed E-state index contributed by atoms with van der Waals surface area (Å²) in [5.41, 5.74) is -0.666. The first-order valence-corrected chi connectivity index (χ1v) is 9.32. The van der Waals surface area contributed by atoms with Gasteiger partial charge in [0.05, 0.1) is 17.6 Å². The van der Waals surface area contributed by atoms with Crippen molar-refractivity contribution in [2.45, 2.75) is 83.3 Å². The molecule has 0 aliphatic carbocycles. The third-order valence-electron chi connectivity index (χ3n) is 5.26. The van der Waals surface area contributed by atoms with Crippen LogP contribution in [0.5, 0.6) is 0 Å². The van der Waals surface area contributed by atoms with Gasteiger partial charge in [-0.1, -0.05) is 37.1 Å². The van der Waals surface area contributed by atoms with Crippen molar-refractivity contribution in [1.82, 2.24) is 41.2 Å². The van der Waals surface area contributed by atoms with Crippen LogP contribution in [-0.4, -0.2) is 63.7 Å². The van der Waals surface area contributed by atoms with E-state index in [0.717, 1.165) is 25.7 Å². The van der Waals surface area contributed by atoms with E-state index in [1.54, 1.807) is 0 Å². The summed E-state index contributed by atoms with van der Waals surface area (Å²) in [6.45, 7) is 6.11. The Hall–Kier alpha value is -1.94. The van der Waals surface area contributed by atoms with Gasteiger partial charge in [-0.15, -0.1) is 20.4 Å². The van der Waals surface area contributed by atoms with Crippen LogP contribution in [0, 0.1) is 5.92 Å². The molecule has 0 aromatic carbocycles. The zero-order chi connectivity index (χ0) is 19.0. The first-order valence-electron chi connectivity index (χ1n) is 9.32. The number of aromatic amines is 2. The normalized spacial score (nSPS) is 15.7. The number of hydrogen-bond donors (Lipinski definition) is 4. The van der Waals surface area contributed by atoms with E-state index < -0.39 is 11.5 Å². The van der Waals surface area contributed by atoms with Crippen molar-refractivity contribution in [3.8, 4) is 0 Å². The number of rotatable bonds is 12. The molecule has 10 nitrogen and oxygen atoms in total. The summed E-state index contributed by atoms with van der Waals surface area (Å²) in [6.07, 6.45) is 4.68. The van der Waals surface area contributed by atoms with E-state index in [-0.39, 0.29) is 12.0 Å². The smallest absolute Gasteiger partial charge is 0.188 e. The molecule has 0 radical (unpaired) electrons. The zero-order valence-corrected chi connectivity index (χ0v) is 15.8. The highest BCUT2D eigenvalue weighted by Crippen LogP contribution is 2.37. The molecule has 0 amide bonds. The second-order valence-corrected chi connectivity index (χ2v) is 7.18. The molecule has 0 aliphatic rings. The molecule has 2 aromatic rings. The number of unbranched alkanes of at least 4 members (excludes halogenated alkanes) is 1. The van der Waals surface area contributed by atoms with E-state index in [2.05, 4.69) is 55.1 Å². The summed E-state index contributed by atoms with van der Waals surface area (Å²) in [5.74, 6) is 1.05. The minimum Gasteiger partial charge on any atom is -0.393 e. The highest BCUT2D eigenvalue weighted by molar-refractivity contribution is 5.19. The first kappa shape index (κ1) is 20.4. The Bertz CT molecular complexity index is 570. The standard InChI is InChI=1S/C16H30N8O2/c1-4-5-6-12(25)9-10-13(26)8-7-11(2)16(3,14-17-21-22-18-14)15-19-23-24-20-15/h11-13,25-26H,4-10H2,1-3H3,(H,17,18,21,22)(H,19,20,23,24). The van der Waals surface area contributed by atoms with E-state index in [1.807, 2.05) is 6.92 Å². The van der Waals surface area contributed by atoms with Gasteiger partial charge in [0.1, 0.15) is 0 Å². The Labute approximate surface area is 153 Å². The highest BCUT2D eigenvalue weighted by Gasteiger charge is 2.42. The molecule has 4 N–H and O–H groups in total. The third kappa shape index (κ3) is 5.04. The van der Waals surface area contributed by atoms with Gasteiger partial charge in [-0.25, -0.2) is 0 Å². The quantitative estimate of drug-likeness (QED) is 0.436. The second-order valence-electron chi connectivity index (χ2n) is 7.18. The maximum absolute atomic E-state index is 10.3. The average molecular weight is 366 g/mol. The summed E-state index contributed by atoms with van der Waals surface area (Å²) in [7, 11) is 0. The Morgan fingerprint density at radius 3 is 1.85 bits per heavy atom. The number of hydrogen-bond acceptors (Lipinski definition) is 8. The van der Waals surface area contributed by atoms with E-state index in [4.69, 9.17) is 0 Å². The molecule has 26 heavy (non-hydrogen) atoms. The van der Waals surface area contributed by atoms with Gasteiger partial charge in [0, 0.05) is 0 Å². The summed E-state index contributed by atoms with van der Waals surface area (Å²) < 4.78 is 0. The molecule has 0 aliphatic heterocycles. The van der Waals surface area contributed by atoms with E-state index in [1.165, 1.54) is 0 Å². The lowest BCUT2D eigenvalue weighted by Crippen LogP contribution is -2.35. The van der Waals surface area contributed by atoms with Gasteiger partial charge in [-0.05, 0) is 44.9 Å².